The third-order valence-corrected chi connectivity index (χ3v) is 12.3. The Balaban J connectivity index is 1.26. The van der Waals surface area contributed by atoms with Crippen molar-refractivity contribution in [3.8, 4) is 56.4 Å². The van der Waals surface area contributed by atoms with Gasteiger partial charge in [-0.05, 0) is 91.7 Å². The standard InChI is InChI=1S/C50H32N4S/c51-35-26-23-31(24-27-35)34-25-28-45-42(29-34)50(41-21-11-12-22-44(41)55-45)40-20-10-9-19-38(40)46-37-18-8-7-17-36(37)39(30-43(46)50)49-53-47(32-13-3-1-4-14-32)52-48(54-49)33-15-5-2-6-16-33/h1-30H,51H2. The van der Waals surface area contributed by atoms with Gasteiger partial charge in [0.15, 0.2) is 17.5 Å². The molecule has 1 unspecified atom stereocenters. The second-order valence-electron chi connectivity index (χ2n) is 14.2. The Morgan fingerprint density at radius 1 is 0.382 bits per heavy atom. The molecule has 258 valence electrons. The van der Waals surface area contributed by atoms with Crippen LogP contribution in [0.4, 0.5) is 5.69 Å². The molecule has 2 heterocycles. The fourth-order valence-electron chi connectivity index (χ4n) is 8.73. The zero-order valence-corrected chi connectivity index (χ0v) is 30.5. The molecule has 0 fully saturated rings. The fourth-order valence-corrected chi connectivity index (χ4v) is 9.90. The van der Waals surface area contributed by atoms with E-state index in [2.05, 4.69) is 133 Å². The summed E-state index contributed by atoms with van der Waals surface area (Å²) >= 11 is 1.85. The van der Waals surface area contributed by atoms with E-state index in [0.29, 0.717) is 17.5 Å². The van der Waals surface area contributed by atoms with Crippen LogP contribution in [0.25, 0.3) is 67.2 Å². The van der Waals surface area contributed by atoms with E-state index < -0.39 is 5.41 Å². The van der Waals surface area contributed by atoms with Crippen LogP contribution >= 0.6 is 11.8 Å². The average molecular weight is 721 g/mol. The smallest absolute Gasteiger partial charge is 0.164 e. The van der Waals surface area contributed by atoms with Gasteiger partial charge >= 0.3 is 0 Å². The first kappa shape index (κ1) is 31.7. The number of hydrogen-bond donors (Lipinski definition) is 1. The molecule has 1 aromatic heterocycles. The minimum Gasteiger partial charge on any atom is -0.399 e. The number of hydrogen-bond acceptors (Lipinski definition) is 5. The minimum absolute atomic E-state index is 0.608. The first-order valence-electron chi connectivity index (χ1n) is 18.5. The maximum atomic E-state index is 6.14. The second-order valence-corrected chi connectivity index (χ2v) is 15.2. The van der Waals surface area contributed by atoms with Crippen molar-refractivity contribution in [2.45, 2.75) is 15.2 Å². The normalized spacial score (nSPS) is 15.0. The van der Waals surface area contributed by atoms with E-state index in [1.54, 1.807) is 0 Å². The van der Waals surface area contributed by atoms with Gasteiger partial charge in [0.2, 0.25) is 0 Å². The first-order valence-corrected chi connectivity index (χ1v) is 19.3. The molecule has 4 nitrogen and oxygen atoms in total. The summed E-state index contributed by atoms with van der Waals surface area (Å²) in [6.45, 7) is 0. The molecule has 9 aromatic rings. The van der Waals surface area contributed by atoms with Gasteiger partial charge in [-0.15, -0.1) is 0 Å². The lowest BCUT2D eigenvalue weighted by atomic mass is 9.66. The molecule has 2 N–H and O–H groups in total. The van der Waals surface area contributed by atoms with E-state index in [-0.39, 0.29) is 0 Å². The molecule has 1 aliphatic heterocycles. The predicted molar refractivity (Wildman–Crippen MR) is 225 cm³/mol. The summed E-state index contributed by atoms with van der Waals surface area (Å²) in [5.74, 6) is 1.93. The second kappa shape index (κ2) is 12.4. The molecular weight excluding hydrogens is 689 g/mol. The number of nitrogens with two attached hydrogens (primary N) is 1. The largest absolute Gasteiger partial charge is 0.399 e. The van der Waals surface area contributed by atoms with Crippen molar-refractivity contribution in [1.82, 2.24) is 15.0 Å². The maximum absolute atomic E-state index is 6.14. The molecule has 0 bridgehead atoms. The molecule has 0 amide bonds. The van der Waals surface area contributed by atoms with Crippen LogP contribution in [0, 0.1) is 0 Å². The van der Waals surface area contributed by atoms with Gasteiger partial charge in [-0.1, -0.05) is 157 Å². The predicted octanol–water partition coefficient (Wildman–Crippen LogP) is 12.1. The quantitative estimate of drug-likeness (QED) is 0.183. The van der Waals surface area contributed by atoms with Gasteiger partial charge < -0.3 is 5.73 Å². The number of benzene rings is 8. The minimum atomic E-state index is -0.608. The number of fused-ring (bicyclic) bond motifs is 11. The van der Waals surface area contributed by atoms with Crippen LogP contribution in [0.1, 0.15) is 22.3 Å². The average Bonchev–Trinajstić information content (AvgIpc) is 3.55. The van der Waals surface area contributed by atoms with Gasteiger partial charge in [-0.3, -0.25) is 0 Å². The molecule has 2 aliphatic rings. The Kier molecular flexibility index (Phi) is 7.13. The van der Waals surface area contributed by atoms with Gasteiger partial charge in [0, 0.05) is 32.2 Å². The summed E-state index contributed by atoms with van der Waals surface area (Å²) in [6.07, 6.45) is 0. The number of aromatic nitrogens is 3. The summed E-state index contributed by atoms with van der Waals surface area (Å²) in [4.78, 5) is 18.1. The monoisotopic (exact) mass is 720 g/mol. The molecule has 0 saturated carbocycles. The summed E-state index contributed by atoms with van der Waals surface area (Å²) < 4.78 is 0. The summed E-state index contributed by atoms with van der Waals surface area (Å²) in [7, 11) is 0. The molecule has 1 aliphatic carbocycles. The summed E-state index contributed by atoms with van der Waals surface area (Å²) in [5, 5.41) is 2.28. The van der Waals surface area contributed by atoms with E-state index in [9.17, 15) is 0 Å². The maximum Gasteiger partial charge on any atom is 0.164 e. The van der Waals surface area contributed by atoms with Crippen LogP contribution in [-0.2, 0) is 5.41 Å². The lowest BCUT2D eigenvalue weighted by Gasteiger charge is -2.40. The van der Waals surface area contributed by atoms with E-state index in [0.717, 1.165) is 38.9 Å². The van der Waals surface area contributed by atoms with Gasteiger partial charge in [0.25, 0.3) is 0 Å². The van der Waals surface area contributed by atoms with Crippen LogP contribution < -0.4 is 5.73 Å². The summed E-state index contributed by atoms with van der Waals surface area (Å²) in [6, 6.07) is 64.6. The Bertz CT molecular complexity index is 2900. The Hall–Kier alpha value is -6.82. The molecule has 0 saturated heterocycles. The van der Waals surface area contributed by atoms with Gasteiger partial charge in [0.1, 0.15) is 0 Å². The SMILES string of the molecule is Nc1ccc(-c2ccc3c(c2)C2(c4ccccc4S3)c3ccccc3-c3c2cc(-c2nc(-c4ccccc4)nc(-c4ccccc4)n2)c2ccccc32)cc1. The topological polar surface area (TPSA) is 64.7 Å². The highest BCUT2D eigenvalue weighted by atomic mass is 32.2. The van der Waals surface area contributed by atoms with E-state index in [1.807, 2.05) is 60.3 Å². The van der Waals surface area contributed by atoms with Crippen LogP contribution in [0.5, 0.6) is 0 Å². The highest BCUT2D eigenvalue weighted by Crippen LogP contribution is 2.64. The number of nitrogens with zero attached hydrogens (tertiary/aromatic N) is 3. The molecule has 0 radical (unpaired) electrons. The third-order valence-electron chi connectivity index (χ3n) is 11.1. The highest BCUT2D eigenvalue weighted by Gasteiger charge is 2.51. The van der Waals surface area contributed by atoms with Gasteiger partial charge in [-0.25, -0.2) is 15.0 Å². The first-order chi connectivity index (χ1) is 27.2. The number of nitrogen functional groups attached to an aromatic ring is 1. The fraction of sp³-hybridized carbons (Fsp3) is 0.0200. The zero-order chi connectivity index (χ0) is 36.5. The zero-order valence-electron chi connectivity index (χ0n) is 29.6. The van der Waals surface area contributed by atoms with Crippen LogP contribution in [0.2, 0.25) is 0 Å². The lowest BCUT2D eigenvalue weighted by molar-refractivity contribution is 0.723. The van der Waals surface area contributed by atoms with E-state index in [1.165, 1.54) is 48.6 Å². The van der Waals surface area contributed by atoms with Crippen molar-refractivity contribution < 1.29 is 0 Å². The van der Waals surface area contributed by atoms with E-state index >= 15 is 0 Å². The van der Waals surface area contributed by atoms with Crippen molar-refractivity contribution in [3.63, 3.8) is 0 Å². The highest BCUT2D eigenvalue weighted by molar-refractivity contribution is 7.99. The molecule has 1 atom stereocenters. The molecule has 8 aromatic carbocycles. The Morgan fingerprint density at radius 3 is 1.67 bits per heavy atom. The molecular formula is C50H32N4S. The third kappa shape index (κ3) is 4.83. The number of anilines is 1. The number of rotatable bonds is 4. The van der Waals surface area contributed by atoms with Crippen molar-refractivity contribution >= 4 is 28.2 Å². The van der Waals surface area contributed by atoms with Gasteiger partial charge in [0.05, 0.1) is 5.41 Å². The lowest BCUT2D eigenvalue weighted by Crippen LogP contribution is -2.32. The molecule has 1 spiro atoms. The van der Waals surface area contributed by atoms with Crippen LogP contribution in [-0.4, -0.2) is 15.0 Å². The Morgan fingerprint density at radius 2 is 0.945 bits per heavy atom. The van der Waals surface area contributed by atoms with Crippen LogP contribution in [0.3, 0.4) is 0 Å². The van der Waals surface area contributed by atoms with E-state index in [4.69, 9.17) is 20.7 Å². The van der Waals surface area contributed by atoms with Crippen molar-refractivity contribution in [3.05, 3.63) is 204 Å². The van der Waals surface area contributed by atoms with Gasteiger partial charge in [-0.2, -0.15) is 0 Å². The van der Waals surface area contributed by atoms with Crippen molar-refractivity contribution in [1.29, 1.82) is 0 Å². The molecule has 11 rings (SSSR count). The van der Waals surface area contributed by atoms with Crippen molar-refractivity contribution in [2.24, 2.45) is 0 Å². The van der Waals surface area contributed by atoms with Crippen molar-refractivity contribution in [2.75, 3.05) is 5.73 Å². The molecule has 55 heavy (non-hydrogen) atoms. The summed E-state index contributed by atoms with van der Waals surface area (Å²) in [5.41, 5.74) is 19.0. The van der Waals surface area contributed by atoms with Crippen LogP contribution in [0.15, 0.2) is 192 Å². The Labute approximate surface area is 323 Å². The molecule has 5 heteroatoms.